The zero-order valence-corrected chi connectivity index (χ0v) is 10.8. The minimum absolute atomic E-state index is 0.109. The van der Waals surface area contributed by atoms with Gasteiger partial charge in [-0.2, -0.15) is 0 Å². The fraction of sp³-hybridized carbons (Fsp3) is 0.538. The van der Waals surface area contributed by atoms with E-state index in [-0.39, 0.29) is 5.54 Å². The first-order valence-electron chi connectivity index (χ1n) is 5.63. The van der Waals surface area contributed by atoms with Crippen molar-refractivity contribution in [1.82, 2.24) is 5.32 Å². The molecule has 1 heterocycles. The van der Waals surface area contributed by atoms with Crippen LogP contribution in [0.25, 0.3) is 0 Å². The number of nitrogens with one attached hydrogen (secondary N) is 1. The Kier molecular flexibility index (Phi) is 3.13. The summed E-state index contributed by atoms with van der Waals surface area (Å²) in [6, 6.07) is 5.85. The smallest absolute Gasteiger partial charge is 0.122 e. The van der Waals surface area contributed by atoms with Gasteiger partial charge in [0.1, 0.15) is 5.75 Å². The predicted octanol–water partition coefficient (Wildman–Crippen LogP) is 3.20. The van der Waals surface area contributed by atoms with E-state index in [1.54, 1.807) is 7.11 Å². The van der Waals surface area contributed by atoms with Crippen LogP contribution < -0.4 is 10.1 Å². The van der Waals surface area contributed by atoms with E-state index >= 15 is 0 Å². The minimum Gasteiger partial charge on any atom is -0.496 e. The molecule has 1 saturated heterocycles. The van der Waals surface area contributed by atoms with Gasteiger partial charge in [0.25, 0.3) is 0 Å². The molecule has 0 aromatic heterocycles. The number of halogens is 1. The highest BCUT2D eigenvalue weighted by Crippen LogP contribution is 2.40. The second-order valence-electron chi connectivity index (χ2n) is 4.88. The molecular formula is C13H18ClNO. The summed E-state index contributed by atoms with van der Waals surface area (Å²) in [5.41, 5.74) is 1.32. The van der Waals surface area contributed by atoms with Crippen LogP contribution in [-0.4, -0.2) is 19.2 Å². The third kappa shape index (κ3) is 2.04. The number of rotatable bonds is 2. The molecule has 16 heavy (non-hydrogen) atoms. The fourth-order valence-electron chi connectivity index (χ4n) is 2.54. The van der Waals surface area contributed by atoms with Gasteiger partial charge in [-0.25, -0.2) is 0 Å². The van der Waals surface area contributed by atoms with Crippen LogP contribution in [0.15, 0.2) is 18.2 Å². The van der Waals surface area contributed by atoms with Crippen molar-refractivity contribution < 1.29 is 4.74 Å². The average Bonchev–Trinajstić information content (AvgIpc) is 2.58. The molecule has 1 unspecified atom stereocenters. The van der Waals surface area contributed by atoms with Crippen LogP contribution in [0, 0.1) is 0 Å². The molecule has 0 amide bonds. The van der Waals surface area contributed by atoms with Crippen molar-refractivity contribution in [3.05, 3.63) is 28.8 Å². The van der Waals surface area contributed by atoms with E-state index in [2.05, 4.69) is 19.2 Å². The van der Waals surface area contributed by atoms with Gasteiger partial charge in [0.2, 0.25) is 0 Å². The first kappa shape index (κ1) is 11.7. The van der Waals surface area contributed by atoms with Gasteiger partial charge in [-0.05, 0) is 45.0 Å². The molecule has 1 aliphatic heterocycles. The number of ether oxygens (including phenoxy) is 1. The van der Waals surface area contributed by atoms with E-state index in [1.807, 2.05) is 18.2 Å². The summed E-state index contributed by atoms with van der Waals surface area (Å²) in [5, 5.41) is 4.29. The number of methoxy groups -OCH3 is 1. The second kappa shape index (κ2) is 4.27. The largest absolute Gasteiger partial charge is 0.496 e. The van der Waals surface area contributed by atoms with Crippen LogP contribution >= 0.6 is 11.6 Å². The summed E-state index contributed by atoms with van der Waals surface area (Å²) in [6.07, 6.45) is 1.13. The fourth-order valence-corrected chi connectivity index (χ4v) is 2.73. The van der Waals surface area contributed by atoms with Crippen LogP contribution in [-0.2, 0) is 0 Å². The van der Waals surface area contributed by atoms with Crippen molar-refractivity contribution in [3.63, 3.8) is 0 Å². The van der Waals surface area contributed by atoms with Crippen LogP contribution in [0.3, 0.4) is 0 Å². The summed E-state index contributed by atoms with van der Waals surface area (Å²) in [5.74, 6) is 1.40. The lowest BCUT2D eigenvalue weighted by Crippen LogP contribution is -2.36. The average molecular weight is 240 g/mol. The van der Waals surface area contributed by atoms with E-state index in [4.69, 9.17) is 16.3 Å². The topological polar surface area (TPSA) is 21.3 Å². The Morgan fingerprint density at radius 3 is 2.75 bits per heavy atom. The molecule has 3 heteroatoms. The van der Waals surface area contributed by atoms with Gasteiger partial charge < -0.3 is 10.1 Å². The molecule has 2 nitrogen and oxygen atoms in total. The van der Waals surface area contributed by atoms with Gasteiger partial charge in [-0.15, -0.1) is 0 Å². The van der Waals surface area contributed by atoms with E-state index in [9.17, 15) is 0 Å². The van der Waals surface area contributed by atoms with Crippen molar-refractivity contribution in [2.24, 2.45) is 0 Å². The normalized spacial score (nSPS) is 23.4. The molecule has 1 aromatic carbocycles. The lowest BCUT2D eigenvalue weighted by Gasteiger charge is -2.28. The maximum atomic E-state index is 6.07. The number of hydrogen-bond donors (Lipinski definition) is 1. The Bertz CT molecular complexity index is 390. The first-order chi connectivity index (χ1) is 7.54. The molecule has 0 spiro atoms. The highest BCUT2D eigenvalue weighted by atomic mass is 35.5. The molecule has 1 aliphatic rings. The minimum atomic E-state index is 0.109. The molecule has 0 saturated carbocycles. The third-order valence-electron chi connectivity index (χ3n) is 3.45. The molecule has 0 aliphatic carbocycles. The van der Waals surface area contributed by atoms with E-state index in [0.717, 1.165) is 23.7 Å². The summed E-state index contributed by atoms with van der Waals surface area (Å²) in [6.45, 7) is 5.50. The van der Waals surface area contributed by atoms with Crippen LogP contribution in [0.1, 0.15) is 31.7 Å². The Hall–Kier alpha value is -0.730. The van der Waals surface area contributed by atoms with Gasteiger partial charge in [0.05, 0.1) is 7.11 Å². The Balaban J connectivity index is 2.42. The predicted molar refractivity (Wildman–Crippen MR) is 67.4 cm³/mol. The van der Waals surface area contributed by atoms with Gasteiger partial charge in [-0.3, -0.25) is 0 Å². The Labute approximate surface area is 102 Å². The molecular weight excluding hydrogens is 222 g/mol. The summed E-state index contributed by atoms with van der Waals surface area (Å²) >= 11 is 6.07. The summed E-state index contributed by atoms with van der Waals surface area (Å²) < 4.78 is 5.42. The SMILES string of the molecule is COc1ccc(Cl)cc1C1CCNC1(C)C. The lowest BCUT2D eigenvalue weighted by atomic mass is 9.83. The number of benzene rings is 1. The molecule has 1 fully saturated rings. The highest BCUT2D eigenvalue weighted by Gasteiger charge is 2.36. The van der Waals surface area contributed by atoms with Gasteiger partial charge in [0, 0.05) is 22.0 Å². The molecule has 88 valence electrons. The summed E-state index contributed by atoms with van der Waals surface area (Å²) in [7, 11) is 1.71. The maximum absolute atomic E-state index is 6.07. The molecule has 2 rings (SSSR count). The highest BCUT2D eigenvalue weighted by molar-refractivity contribution is 6.30. The Morgan fingerprint density at radius 1 is 1.44 bits per heavy atom. The zero-order chi connectivity index (χ0) is 11.8. The van der Waals surface area contributed by atoms with Crippen LogP contribution in [0.2, 0.25) is 5.02 Å². The van der Waals surface area contributed by atoms with Crippen molar-refractivity contribution in [3.8, 4) is 5.75 Å². The van der Waals surface area contributed by atoms with Crippen molar-refractivity contribution in [1.29, 1.82) is 0 Å². The lowest BCUT2D eigenvalue weighted by molar-refractivity contribution is 0.376. The molecule has 1 atom stereocenters. The molecule has 1 aromatic rings. The van der Waals surface area contributed by atoms with Crippen molar-refractivity contribution in [2.75, 3.05) is 13.7 Å². The standard InChI is InChI=1S/C13H18ClNO/c1-13(2)11(6-7-15-13)10-8-9(14)4-5-12(10)16-3/h4-5,8,11,15H,6-7H2,1-3H3. The van der Waals surface area contributed by atoms with Gasteiger partial charge in [-0.1, -0.05) is 11.6 Å². The maximum Gasteiger partial charge on any atom is 0.122 e. The number of hydrogen-bond acceptors (Lipinski definition) is 2. The molecule has 0 bridgehead atoms. The van der Waals surface area contributed by atoms with Crippen molar-refractivity contribution in [2.45, 2.75) is 31.7 Å². The van der Waals surface area contributed by atoms with Crippen LogP contribution in [0.5, 0.6) is 5.75 Å². The monoisotopic (exact) mass is 239 g/mol. The van der Waals surface area contributed by atoms with Crippen molar-refractivity contribution >= 4 is 11.6 Å². The van der Waals surface area contributed by atoms with E-state index in [0.29, 0.717) is 5.92 Å². The summed E-state index contributed by atoms with van der Waals surface area (Å²) in [4.78, 5) is 0. The molecule has 1 N–H and O–H groups in total. The first-order valence-corrected chi connectivity index (χ1v) is 6.01. The second-order valence-corrected chi connectivity index (χ2v) is 5.31. The van der Waals surface area contributed by atoms with E-state index in [1.165, 1.54) is 5.56 Å². The van der Waals surface area contributed by atoms with Gasteiger partial charge >= 0.3 is 0 Å². The van der Waals surface area contributed by atoms with E-state index < -0.39 is 0 Å². The van der Waals surface area contributed by atoms with Gasteiger partial charge in [0.15, 0.2) is 0 Å². The third-order valence-corrected chi connectivity index (χ3v) is 3.69. The zero-order valence-electron chi connectivity index (χ0n) is 10.0. The molecule has 0 radical (unpaired) electrons. The van der Waals surface area contributed by atoms with Crippen LogP contribution in [0.4, 0.5) is 0 Å². The quantitative estimate of drug-likeness (QED) is 0.856. The Morgan fingerprint density at radius 2 is 2.19 bits per heavy atom.